The summed E-state index contributed by atoms with van der Waals surface area (Å²) in [4.78, 5) is 16.7. The van der Waals surface area contributed by atoms with Gasteiger partial charge in [0.25, 0.3) is 0 Å². The molecule has 2 N–H and O–H groups in total. The van der Waals surface area contributed by atoms with E-state index in [1.54, 1.807) is 0 Å². The topological polar surface area (TPSA) is 69.2 Å². The second-order valence-electron chi connectivity index (χ2n) is 3.21. The maximum absolute atomic E-state index is 10.6. The quantitative estimate of drug-likeness (QED) is 0.552. The summed E-state index contributed by atoms with van der Waals surface area (Å²) in [7, 11) is 1.98. The highest BCUT2D eigenvalue weighted by atomic mass is 16.4. The normalized spacial score (nSPS) is 17.0. The molecule has 13 heavy (non-hydrogen) atoms. The van der Waals surface area contributed by atoms with Crippen LogP contribution >= 0.6 is 0 Å². The molecule has 0 saturated heterocycles. The van der Waals surface area contributed by atoms with Crippen LogP contribution < -0.4 is 0 Å². The molecule has 0 spiro atoms. The van der Waals surface area contributed by atoms with E-state index in [1.807, 2.05) is 7.05 Å². The number of carbonyl (C=O) groups excluding carboxylic acids is 1. The number of likely N-dealkylation sites (N-methyl/N-ethyl adjacent to an activating group) is 1. The van der Waals surface area contributed by atoms with Crippen molar-refractivity contribution in [3.63, 3.8) is 0 Å². The maximum Gasteiger partial charge on any atom is 0.605 e. The van der Waals surface area contributed by atoms with Gasteiger partial charge in [0.15, 0.2) is 0 Å². The first-order valence-electron chi connectivity index (χ1n) is 4.10. The van der Waals surface area contributed by atoms with Gasteiger partial charge in [0.05, 0.1) is 17.0 Å². The van der Waals surface area contributed by atoms with Crippen LogP contribution in [0.25, 0.3) is 0 Å². The summed E-state index contributed by atoms with van der Waals surface area (Å²) in [6.07, 6.45) is 0.794. The maximum atomic E-state index is 10.6. The van der Waals surface area contributed by atoms with Crippen molar-refractivity contribution in [3.05, 3.63) is 17.3 Å². The molecule has 0 aromatic carbocycles. The van der Waals surface area contributed by atoms with E-state index >= 15 is 0 Å². The molecule has 1 aliphatic heterocycles. The lowest BCUT2D eigenvalue weighted by Gasteiger charge is -2.19. The largest absolute Gasteiger partial charge is 0.605 e. The van der Waals surface area contributed by atoms with Crippen molar-refractivity contribution in [3.8, 4) is 0 Å². The summed E-state index contributed by atoms with van der Waals surface area (Å²) in [5.41, 5.74) is 0.828. The Bertz CT molecular complexity index is 345. The molecule has 0 saturated carbocycles. The lowest BCUT2D eigenvalue weighted by molar-refractivity contribution is 0.0650. The van der Waals surface area contributed by atoms with Gasteiger partial charge in [-0.25, -0.2) is 4.98 Å². The predicted molar refractivity (Wildman–Crippen MR) is 44.5 cm³/mol. The fourth-order valence-electron chi connectivity index (χ4n) is 1.42. The third-order valence-corrected chi connectivity index (χ3v) is 2.12. The van der Waals surface area contributed by atoms with Crippen LogP contribution in [0, 0.1) is 0 Å². The van der Waals surface area contributed by atoms with Gasteiger partial charge >= 0.3 is 11.9 Å². The Hall–Kier alpha value is -1.36. The second kappa shape index (κ2) is 2.85. The van der Waals surface area contributed by atoms with Crippen molar-refractivity contribution in [2.45, 2.75) is 13.0 Å². The molecule has 0 radical (unpaired) electrons. The molecule has 70 valence electrons. The molecule has 0 bridgehead atoms. The van der Waals surface area contributed by atoms with Crippen molar-refractivity contribution in [1.29, 1.82) is 0 Å². The van der Waals surface area contributed by atoms with Crippen LogP contribution in [-0.2, 0) is 13.0 Å². The molecule has 1 aliphatic rings. The Morgan fingerprint density at radius 1 is 1.69 bits per heavy atom. The molecular formula is C8H11N2O3+. The molecule has 2 rings (SSSR count). The number of rotatable bonds is 1. The smallest absolute Gasteiger partial charge is 0.557 e. The number of aromatic nitrogens is 1. The minimum absolute atomic E-state index is 0.0831. The van der Waals surface area contributed by atoms with E-state index in [4.69, 9.17) is 9.52 Å². The molecule has 0 fully saturated rings. The SMILES string of the molecule is CN1CCc2nc(C(=O)[OH2+])oc2C1. The summed E-state index contributed by atoms with van der Waals surface area (Å²) in [6, 6.07) is 0. The molecule has 1 aromatic rings. The Morgan fingerprint density at radius 2 is 2.46 bits per heavy atom. The van der Waals surface area contributed by atoms with E-state index < -0.39 is 5.97 Å². The standard InChI is InChI=1S/C8H10N2O3/c1-10-3-2-5-6(4-10)13-7(9-5)8(11)12/h2-4H2,1H3,(H,11,12)/p+1. The second-order valence-corrected chi connectivity index (χ2v) is 3.21. The predicted octanol–water partition coefficient (Wildman–Crippen LogP) is -0.473. The zero-order chi connectivity index (χ0) is 9.42. The number of nitrogens with zero attached hydrogens (tertiary/aromatic N) is 2. The summed E-state index contributed by atoms with van der Waals surface area (Å²) in [5, 5.41) is 6.84. The zero-order valence-electron chi connectivity index (χ0n) is 7.33. The number of hydrogen-bond acceptors (Lipinski definition) is 4. The number of fused-ring (bicyclic) bond motifs is 1. The summed E-state index contributed by atoms with van der Waals surface area (Å²) < 4.78 is 5.15. The molecular weight excluding hydrogens is 172 g/mol. The van der Waals surface area contributed by atoms with Gasteiger partial charge in [0, 0.05) is 13.0 Å². The van der Waals surface area contributed by atoms with Crippen LogP contribution in [0.1, 0.15) is 22.1 Å². The van der Waals surface area contributed by atoms with Crippen LogP contribution in [0.5, 0.6) is 0 Å². The average Bonchev–Trinajstić information content (AvgIpc) is 2.46. The highest BCUT2D eigenvalue weighted by Crippen LogP contribution is 2.18. The van der Waals surface area contributed by atoms with Crippen LogP contribution in [0.4, 0.5) is 0 Å². The zero-order valence-corrected chi connectivity index (χ0v) is 7.33. The number of oxazole rings is 1. The van der Waals surface area contributed by atoms with Gasteiger partial charge in [-0.3, -0.25) is 4.90 Å². The van der Waals surface area contributed by atoms with E-state index in [-0.39, 0.29) is 5.89 Å². The third kappa shape index (κ3) is 1.42. The average molecular weight is 183 g/mol. The first-order chi connectivity index (χ1) is 6.16. The van der Waals surface area contributed by atoms with Crippen LogP contribution in [0.2, 0.25) is 0 Å². The first kappa shape index (κ1) is 8.25. The van der Waals surface area contributed by atoms with Crippen LogP contribution in [0.3, 0.4) is 0 Å². The summed E-state index contributed by atoms with van der Waals surface area (Å²) in [6.45, 7) is 1.60. The lowest BCUT2D eigenvalue weighted by Crippen LogP contribution is -2.25. The van der Waals surface area contributed by atoms with Crippen molar-refractivity contribution in [2.24, 2.45) is 0 Å². The summed E-state index contributed by atoms with van der Waals surface area (Å²) >= 11 is 0. The minimum Gasteiger partial charge on any atom is -0.557 e. The molecule has 0 atom stereocenters. The van der Waals surface area contributed by atoms with Gasteiger partial charge in [0.1, 0.15) is 5.76 Å². The van der Waals surface area contributed by atoms with E-state index in [0.717, 1.165) is 24.4 Å². The van der Waals surface area contributed by atoms with Gasteiger partial charge in [-0.1, -0.05) is 0 Å². The first-order valence-corrected chi connectivity index (χ1v) is 4.10. The van der Waals surface area contributed by atoms with E-state index in [1.165, 1.54) is 0 Å². The van der Waals surface area contributed by atoms with Gasteiger partial charge in [-0.05, 0) is 7.05 Å². The fourth-order valence-corrected chi connectivity index (χ4v) is 1.42. The Morgan fingerprint density at radius 3 is 3.15 bits per heavy atom. The van der Waals surface area contributed by atoms with Gasteiger partial charge < -0.3 is 9.52 Å². The van der Waals surface area contributed by atoms with E-state index in [0.29, 0.717) is 6.54 Å². The van der Waals surface area contributed by atoms with Crippen molar-refractivity contribution < 1.29 is 14.3 Å². The highest BCUT2D eigenvalue weighted by Gasteiger charge is 2.26. The number of hydrogen-bond donors (Lipinski definition) is 0. The molecule has 5 nitrogen and oxygen atoms in total. The van der Waals surface area contributed by atoms with Crippen molar-refractivity contribution in [2.75, 3.05) is 13.6 Å². The molecule has 0 unspecified atom stereocenters. The Labute approximate surface area is 75.0 Å². The molecule has 0 aliphatic carbocycles. The van der Waals surface area contributed by atoms with Crippen molar-refractivity contribution >= 4 is 5.97 Å². The summed E-state index contributed by atoms with van der Waals surface area (Å²) in [5.74, 6) is -0.207. The third-order valence-electron chi connectivity index (χ3n) is 2.12. The van der Waals surface area contributed by atoms with Gasteiger partial charge in [-0.2, -0.15) is 0 Å². The van der Waals surface area contributed by atoms with Crippen LogP contribution in [-0.4, -0.2) is 34.6 Å². The fraction of sp³-hybridized carbons (Fsp3) is 0.500. The van der Waals surface area contributed by atoms with Gasteiger partial charge in [0.2, 0.25) is 0 Å². The van der Waals surface area contributed by atoms with Crippen molar-refractivity contribution in [1.82, 2.24) is 9.88 Å². The molecule has 1 aromatic heterocycles. The van der Waals surface area contributed by atoms with E-state index in [9.17, 15) is 4.79 Å². The van der Waals surface area contributed by atoms with Gasteiger partial charge in [-0.15, -0.1) is 0 Å². The van der Waals surface area contributed by atoms with E-state index in [2.05, 4.69) is 9.88 Å². The molecule has 0 amide bonds. The Kier molecular flexibility index (Phi) is 1.81. The molecule has 5 heteroatoms. The highest BCUT2D eigenvalue weighted by molar-refractivity contribution is 5.82. The monoisotopic (exact) mass is 183 g/mol. The van der Waals surface area contributed by atoms with Crippen LogP contribution in [0.15, 0.2) is 4.42 Å². The Balaban J connectivity index is 2.33. The lowest BCUT2D eigenvalue weighted by atomic mass is 10.2. The molecule has 2 heterocycles. The number of carbonyl (C=O) groups is 1. The minimum atomic E-state index is -0.850.